The van der Waals surface area contributed by atoms with E-state index in [0.29, 0.717) is 5.41 Å². The third-order valence-electron chi connectivity index (χ3n) is 4.05. The van der Waals surface area contributed by atoms with E-state index in [2.05, 4.69) is 31.0 Å². The molecule has 1 unspecified atom stereocenters. The van der Waals surface area contributed by atoms with Crippen molar-refractivity contribution < 1.29 is 0 Å². The molecule has 2 heteroatoms. The largest absolute Gasteiger partial charge is 0.314 e. The molecular weight excluding hydrogens is 208 g/mol. The zero-order valence-corrected chi connectivity index (χ0v) is 12.0. The van der Waals surface area contributed by atoms with Crippen LogP contribution < -0.4 is 5.32 Å². The van der Waals surface area contributed by atoms with Crippen molar-refractivity contribution in [3.8, 4) is 0 Å². The SMILES string of the molecule is CC(C)(C)CCN1CCCC(CNC2CC2)C1. The van der Waals surface area contributed by atoms with Gasteiger partial charge in [0.05, 0.1) is 0 Å². The van der Waals surface area contributed by atoms with E-state index in [9.17, 15) is 0 Å². The van der Waals surface area contributed by atoms with Gasteiger partial charge in [0.1, 0.15) is 0 Å². The highest BCUT2D eigenvalue weighted by Crippen LogP contribution is 2.23. The van der Waals surface area contributed by atoms with Crippen LogP contribution in [0.3, 0.4) is 0 Å². The molecule has 1 atom stereocenters. The molecule has 0 aromatic rings. The smallest absolute Gasteiger partial charge is 0.00683 e. The standard InChI is InChI=1S/C15H30N2/c1-15(2,3)8-10-17-9-4-5-13(12-17)11-16-14-6-7-14/h13-14,16H,4-12H2,1-3H3. The molecule has 0 amide bonds. The van der Waals surface area contributed by atoms with Gasteiger partial charge in [-0.1, -0.05) is 20.8 Å². The van der Waals surface area contributed by atoms with Crippen LogP contribution in [0.25, 0.3) is 0 Å². The van der Waals surface area contributed by atoms with Crippen LogP contribution in [-0.2, 0) is 0 Å². The third kappa shape index (κ3) is 5.39. The van der Waals surface area contributed by atoms with Crippen molar-refractivity contribution in [1.82, 2.24) is 10.2 Å². The van der Waals surface area contributed by atoms with Crippen LogP contribution in [0.2, 0.25) is 0 Å². The molecule has 1 aliphatic heterocycles. The Morgan fingerprint density at radius 2 is 1.94 bits per heavy atom. The average molecular weight is 238 g/mol. The van der Waals surface area contributed by atoms with Crippen molar-refractivity contribution in [3.05, 3.63) is 0 Å². The molecule has 17 heavy (non-hydrogen) atoms. The monoisotopic (exact) mass is 238 g/mol. The Labute approximate surface area is 107 Å². The minimum Gasteiger partial charge on any atom is -0.314 e. The topological polar surface area (TPSA) is 15.3 Å². The van der Waals surface area contributed by atoms with E-state index in [4.69, 9.17) is 0 Å². The van der Waals surface area contributed by atoms with Gasteiger partial charge in [-0.15, -0.1) is 0 Å². The molecule has 0 bridgehead atoms. The Balaban J connectivity index is 1.64. The summed E-state index contributed by atoms with van der Waals surface area (Å²) in [7, 11) is 0. The normalized spacial score (nSPS) is 27.4. The lowest BCUT2D eigenvalue weighted by atomic mass is 9.91. The number of hydrogen-bond acceptors (Lipinski definition) is 2. The Hall–Kier alpha value is -0.0800. The first-order chi connectivity index (χ1) is 8.03. The van der Waals surface area contributed by atoms with Gasteiger partial charge in [0.25, 0.3) is 0 Å². The maximum Gasteiger partial charge on any atom is 0.00683 e. The molecular formula is C15H30N2. The van der Waals surface area contributed by atoms with Gasteiger partial charge in [0, 0.05) is 12.6 Å². The summed E-state index contributed by atoms with van der Waals surface area (Å²) in [4.78, 5) is 2.69. The molecule has 1 saturated heterocycles. The number of piperidine rings is 1. The summed E-state index contributed by atoms with van der Waals surface area (Å²) >= 11 is 0. The van der Waals surface area contributed by atoms with Crippen LogP contribution in [0, 0.1) is 11.3 Å². The average Bonchev–Trinajstić information content (AvgIpc) is 3.07. The molecule has 0 aromatic heterocycles. The summed E-state index contributed by atoms with van der Waals surface area (Å²) in [5.74, 6) is 0.907. The number of hydrogen-bond donors (Lipinski definition) is 1. The maximum absolute atomic E-state index is 3.69. The van der Waals surface area contributed by atoms with E-state index >= 15 is 0 Å². The minimum atomic E-state index is 0.485. The molecule has 0 spiro atoms. The van der Waals surface area contributed by atoms with E-state index in [1.165, 1.54) is 58.3 Å². The number of nitrogens with one attached hydrogen (secondary N) is 1. The molecule has 0 aromatic carbocycles. The second-order valence-corrected chi connectivity index (χ2v) is 7.30. The predicted octanol–water partition coefficient (Wildman–Crippen LogP) is 2.89. The zero-order valence-electron chi connectivity index (χ0n) is 12.0. The fourth-order valence-electron chi connectivity index (χ4n) is 2.64. The second-order valence-electron chi connectivity index (χ2n) is 7.30. The summed E-state index contributed by atoms with van der Waals surface area (Å²) in [6.07, 6.45) is 7.00. The quantitative estimate of drug-likeness (QED) is 0.792. The fourth-order valence-corrected chi connectivity index (χ4v) is 2.64. The molecule has 0 radical (unpaired) electrons. The van der Waals surface area contributed by atoms with Gasteiger partial charge in [-0.25, -0.2) is 0 Å². The lowest BCUT2D eigenvalue weighted by Crippen LogP contribution is -2.41. The Morgan fingerprint density at radius 1 is 1.18 bits per heavy atom. The Bertz CT molecular complexity index is 228. The number of likely N-dealkylation sites (tertiary alicyclic amines) is 1. The predicted molar refractivity (Wildman–Crippen MR) is 74.3 cm³/mol. The lowest BCUT2D eigenvalue weighted by Gasteiger charge is -2.34. The summed E-state index contributed by atoms with van der Waals surface area (Å²) in [5, 5.41) is 3.69. The number of nitrogens with zero attached hydrogens (tertiary/aromatic N) is 1. The summed E-state index contributed by atoms with van der Waals surface area (Å²) in [5.41, 5.74) is 0.485. The van der Waals surface area contributed by atoms with E-state index in [1.807, 2.05) is 0 Å². The van der Waals surface area contributed by atoms with Gasteiger partial charge in [0.15, 0.2) is 0 Å². The van der Waals surface area contributed by atoms with Crippen molar-refractivity contribution >= 4 is 0 Å². The first kappa shape index (κ1) is 13.4. The Morgan fingerprint density at radius 3 is 2.59 bits per heavy atom. The zero-order chi connectivity index (χ0) is 12.3. The highest BCUT2D eigenvalue weighted by molar-refractivity contribution is 4.83. The van der Waals surface area contributed by atoms with E-state index in [-0.39, 0.29) is 0 Å². The van der Waals surface area contributed by atoms with E-state index in [1.54, 1.807) is 0 Å². The maximum atomic E-state index is 3.69. The molecule has 1 aliphatic carbocycles. The number of rotatable bonds is 5. The molecule has 100 valence electrons. The molecule has 2 nitrogen and oxygen atoms in total. The third-order valence-corrected chi connectivity index (χ3v) is 4.05. The first-order valence-electron chi connectivity index (χ1n) is 7.49. The van der Waals surface area contributed by atoms with Crippen LogP contribution in [0.15, 0.2) is 0 Å². The van der Waals surface area contributed by atoms with Crippen LogP contribution in [0.4, 0.5) is 0 Å². The molecule has 1 N–H and O–H groups in total. The van der Waals surface area contributed by atoms with Crippen molar-refractivity contribution in [2.45, 2.75) is 58.9 Å². The van der Waals surface area contributed by atoms with Gasteiger partial charge in [-0.2, -0.15) is 0 Å². The summed E-state index contributed by atoms with van der Waals surface area (Å²) in [6.45, 7) is 12.3. The lowest BCUT2D eigenvalue weighted by molar-refractivity contribution is 0.153. The summed E-state index contributed by atoms with van der Waals surface area (Å²) in [6, 6.07) is 0.875. The van der Waals surface area contributed by atoms with E-state index < -0.39 is 0 Å². The van der Waals surface area contributed by atoms with Gasteiger partial charge in [-0.3, -0.25) is 0 Å². The van der Waals surface area contributed by atoms with Crippen LogP contribution in [0.5, 0.6) is 0 Å². The van der Waals surface area contributed by atoms with Crippen molar-refractivity contribution in [3.63, 3.8) is 0 Å². The highest BCUT2D eigenvalue weighted by atomic mass is 15.1. The molecule has 1 heterocycles. The van der Waals surface area contributed by atoms with Crippen LogP contribution in [-0.4, -0.2) is 37.1 Å². The molecule has 1 saturated carbocycles. The van der Waals surface area contributed by atoms with Crippen molar-refractivity contribution in [2.75, 3.05) is 26.2 Å². The van der Waals surface area contributed by atoms with Crippen LogP contribution >= 0.6 is 0 Å². The molecule has 2 rings (SSSR count). The van der Waals surface area contributed by atoms with Gasteiger partial charge in [0.2, 0.25) is 0 Å². The second kappa shape index (κ2) is 5.71. The minimum absolute atomic E-state index is 0.485. The van der Waals surface area contributed by atoms with Crippen molar-refractivity contribution in [2.24, 2.45) is 11.3 Å². The first-order valence-corrected chi connectivity index (χ1v) is 7.49. The molecule has 2 aliphatic rings. The van der Waals surface area contributed by atoms with Crippen LogP contribution in [0.1, 0.15) is 52.9 Å². The fraction of sp³-hybridized carbons (Fsp3) is 1.00. The summed E-state index contributed by atoms with van der Waals surface area (Å²) < 4.78 is 0. The molecule has 2 fully saturated rings. The van der Waals surface area contributed by atoms with Gasteiger partial charge in [-0.05, 0) is 63.1 Å². The van der Waals surface area contributed by atoms with E-state index in [0.717, 1.165) is 12.0 Å². The van der Waals surface area contributed by atoms with Gasteiger partial charge < -0.3 is 10.2 Å². The van der Waals surface area contributed by atoms with Crippen molar-refractivity contribution in [1.29, 1.82) is 0 Å². The van der Waals surface area contributed by atoms with Gasteiger partial charge >= 0.3 is 0 Å². The Kier molecular flexibility index (Phi) is 4.48. The highest BCUT2D eigenvalue weighted by Gasteiger charge is 2.25.